The number of aryl methyl sites for hydroxylation is 2. The van der Waals surface area contributed by atoms with Gasteiger partial charge in [0.05, 0.1) is 23.7 Å². The second-order valence-electron chi connectivity index (χ2n) is 6.00. The molecule has 7 nitrogen and oxygen atoms in total. The summed E-state index contributed by atoms with van der Waals surface area (Å²) in [5, 5.41) is 10.0. The number of rotatable bonds is 7. The van der Waals surface area contributed by atoms with Crippen LogP contribution in [-0.4, -0.2) is 28.4 Å². The van der Waals surface area contributed by atoms with Gasteiger partial charge < -0.3 is 10.1 Å². The largest absolute Gasteiger partial charge is 0.450 e. The van der Waals surface area contributed by atoms with Crippen LogP contribution in [0.4, 0.5) is 16.2 Å². The van der Waals surface area contributed by atoms with Crippen molar-refractivity contribution in [1.29, 1.82) is 0 Å². The number of ether oxygens (including phenoxy) is 1. The number of hydrogen-bond donors (Lipinski definition) is 2. The summed E-state index contributed by atoms with van der Waals surface area (Å²) in [7, 11) is 0. The van der Waals surface area contributed by atoms with Gasteiger partial charge in [-0.3, -0.25) is 14.8 Å². The lowest BCUT2D eigenvalue weighted by atomic mass is 10.2. The summed E-state index contributed by atoms with van der Waals surface area (Å²) < 4.78 is 6.75. The van der Waals surface area contributed by atoms with Gasteiger partial charge in [0.2, 0.25) is 0 Å². The van der Waals surface area contributed by atoms with E-state index in [-0.39, 0.29) is 5.91 Å². The zero-order valence-electron chi connectivity index (χ0n) is 15.8. The Hall–Kier alpha value is -2.83. The lowest BCUT2D eigenvalue weighted by molar-refractivity contribution is 0.102. The van der Waals surface area contributed by atoms with Crippen molar-refractivity contribution < 1.29 is 14.3 Å². The standard InChI is InChI=1S/C19H26N4O3/c1-5-7-12-23-14(4)17(13(3)22-23)21-18(24)15-8-10-16(11-9-15)20-19(25)26-6-2/h8-11H,5-7,12H2,1-4H3,(H,20,25)(H,21,24). The number of aromatic nitrogens is 2. The van der Waals surface area contributed by atoms with Crippen molar-refractivity contribution >= 4 is 23.4 Å². The van der Waals surface area contributed by atoms with Gasteiger partial charge in [0, 0.05) is 17.8 Å². The second-order valence-corrected chi connectivity index (χ2v) is 6.00. The Labute approximate surface area is 153 Å². The third-order valence-corrected chi connectivity index (χ3v) is 4.01. The number of unbranched alkanes of at least 4 members (excludes halogenated alkanes) is 1. The van der Waals surface area contributed by atoms with Gasteiger partial charge in [-0.05, 0) is 51.5 Å². The van der Waals surface area contributed by atoms with Crippen molar-refractivity contribution in [3.8, 4) is 0 Å². The average molecular weight is 358 g/mol. The highest BCUT2D eigenvalue weighted by Crippen LogP contribution is 2.21. The highest BCUT2D eigenvalue weighted by Gasteiger charge is 2.15. The molecule has 0 radical (unpaired) electrons. The van der Waals surface area contributed by atoms with Crippen molar-refractivity contribution in [3.05, 3.63) is 41.2 Å². The summed E-state index contributed by atoms with van der Waals surface area (Å²) in [6, 6.07) is 6.64. The summed E-state index contributed by atoms with van der Waals surface area (Å²) in [5.74, 6) is -0.214. The molecule has 1 aromatic heterocycles. The highest BCUT2D eigenvalue weighted by atomic mass is 16.5. The molecule has 0 unspecified atom stereocenters. The molecule has 1 heterocycles. The number of carbonyl (C=O) groups excluding carboxylic acids is 2. The minimum absolute atomic E-state index is 0.214. The first kappa shape index (κ1) is 19.5. The zero-order chi connectivity index (χ0) is 19.1. The number of amides is 2. The predicted octanol–water partition coefficient (Wildman–Crippen LogP) is 4.12. The van der Waals surface area contributed by atoms with Crippen LogP contribution in [0.5, 0.6) is 0 Å². The first-order chi connectivity index (χ1) is 12.5. The van der Waals surface area contributed by atoms with Crippen LogP contribution in [0.15, 0.2) is 24.3 Å². The van der Waals surface area contributed by atoms with Gasteiger partial charge >= 0.3 is 6.09 Å². The van der Waals surface area contributed by atoms with Gasteiger partial charge in [0.25, 0.3) is 5.91 Å². The van der Waals surface area contributed by atoms with E-state index < -0.39 is 6.09 Å². The molecule has 2 amide bonds. The van der Waals surface area contributed by atoms with Gasteiger partial charge in [-0.1, -0.05) is 13.3 Å². The third-order valence-electron chi connectivity index (χ3n) is 4.01. The normalized spacial score (nSPS) is 10.5. The summed E-state index contributed by atoms with van der Waals surface area (Å²) in [6.07, 6.45) is 1.62. The topological polar surface area (TPSA) is 85.3 Å². The maximum atomic E-state index is 12.5. The first-order valence-corrected chi connectivity index (χ1v) is 8.85. The molecule has 7 heteroatoms. The average Bonchev–Trinajstić information content (AvgIpc) is 2.88. The maximum absolute atomic E-state index is 12.5. The Morgan fingerprint density at radius 1 is 1.12 bits per heavy atom. The Kier molecular flexibility index (Phi) is 6.77. The summed E-state index contributed by atoms with van der Waals surface area (Å²) in [4.78, 5) is 23.9. The van der Waals surface area contributed by atoms with Crippen molar-refractivity contribution in [2.45, 2.75) is 47.1 Å². The van der Waals surface area contributed by atoms with Crippen molar-refractivity contribution in [2.75, 3.05) is 17.2 Å². The van der Waals surface area contributed by atoms with Gasteiger partial charge in [0.15, 0.2) is 0 Å². The molecule has 0 atom stereocenters. The molecular weight excluding hydrogens is 332 g/mol. The number of benzene rings is 1. The highest BCUT2D eigenvalue weighted by molar-refractivity contribution is 6.05. The van der Waals surface area contributed by atoms with Crippen LogP contribution in [-0.2, 0) is 11.3 Å². The van der Waals surface area contributed by atoms with Crippen LogP contribution in [0.3, 0.4) is 0 Å². The Morgan fingerprint density at radius 2 is 1.81 bits per heavy atom. The van der Waals surface area contributed by atoms with Crippen LogP contribution in [0.25, 0.3) is 0 Å². The molecule has 2 rings (SSSR count). The first-order valence-electron chi connectivity index (χ1n) is 8.85. The quantitative estimate of drug-likeness (QED) is 0.779. The van der Waals surface area contributed by atoms with Crippen LogP contribution >= 0.6 is 0 Å². The lowest BCUT2D eigenvalue weighted by Gasteiger charge is -2.08. The maximum Gasteiger partial charge on any atom is 0.411 e. The van der Waals surface area contributed by atoms with E-state index >= 15 is 0 Å². The number of nitrogens with zero attached hydrogens (tertiary/aromatic N) is 2. The van der Waals surface area contributed by atoms with E-state index in [9.17, 15) is 9.59 Å². The molecule has 0 bridgehead atoms. The van der Waals surface area contributed by atoms with Gasteiger partial charge in [-0.2, -0.15) is 5.10 Å². The fourth-order valence-electron chi connectivity index (χ4n) is 2.58. The minimum atomic E-state index is -0.518. The molecule has 0 aliphatic rings. The molecule has 140 valence electrons. The molecule has 2 N–H and O–H groups in total. The Bertz CT molecular complexity index is 766. The second kappa shape index (κ2) is 9.03. The molecule has 0 spiro atoms. The van der Waals surface area contributed by atoms with Crippen molar-refractivity contribution in [3.63, 3.8) is 0 Å². The molecule has 0 saturated carbocycles. The molecule has 2 aromatic rings. The molecule has 0 aliphatic heterocycles. The molecule has 0 saturated heterocycles. The third kappa shape index (κ3) is 4.84. The molecule has 1 aromatic carbocycles. The number of hydrogen-bond acceptors (Lipinski definition) is 4. The SMILES string of the molecule is CCCCn1nc(C)c(NC(=O)c2ccc(NC(=O)OCC)cc2)c1C. The number of nitrogens with one attached hydrogen (secondary N) is 2. The number of carbonyl (C=O) groups is 2. The monoisotopic (exact) mass is 358 g/mol. The van der Waals surface area contributed by atoms with Gasteiger partial charge in [-0.25, -0.2) is 4.79 Å². The van der Waals surface area contributed by atoms with E-state index in [2.05, 4.69) is 22.7 Å². The van der Waals surface area contributed by atoms with E-state index in [0.29, 0.717) is 17.9 Å². The number of anilines is 2. The van der Waals surface area contributed by atoms with Gasteiger partial charge in [0.1, 0.15) is 0 Å². The predicted molar refractivity (Wildman–Crippen MR) is 102 cm³/mol. The van der Waals surface area contributed by atoms with Gasteiger partial charge in [-0.15, -0.1) is 0 Å². The van der Waals surface area contributed by atoms with Crippen LogP contribution in [0.1, 0.15) is 48.4 Å². The van der Waals surface area contributed by atoms with E-state index in [1.165, 1.54) is 0 Å². The lowest BCUT2D eigenvalue weighted by Crippen LogP contribution is -2.15. The summed E-state index contributed by atoms with van der Waals surface area (Å²) in [6.45, 7) is 8.86. The fourth-order valence-corrected chi connectivity index (χ4v) is 2.58. The Balaban J connectivity index is 2.06. The molecular formula is C19H26N4O3. The smallest absolute Gasteiger partial charge is 0.411 e. The van der Waals surface area contributed by atoms with Crippen LogP contribution in [0.2, 0.25) is 0 Å². The van der Waals surface area contributed by atoms with Crippen molar-refractivity contribution in [1.82, 2.24) is 9.78 Å². The zero-order valence-corrected chi connectivity index (χ0v) is 15.8. The fraction of sp³-hybridized carbons (Fsp3) is 0.421. The van der Waals surface area contributed by atoms with E-state index in [0.717, 1.165) is 36.5 Å². The van der Waals surface area contributed by atoms with Crippen molar-refractivity contribution in [2.24, 2.45) is 0 Å². The van der Waals surface area contributed by atoms with Crippen LogP contribution in [0, 0.1) is 13.8 Å². The molecule has 0 aliphatic carbocycles. The van der Waals surface area contributed by atoms with Crippen LogP contribution < -0.4 is 10.6 Å². The Morgan fingerprint density at radius 3 is 2.42 bits per heavy atom. The summed E-state index contributed by atoms with van der Waals surface area (Å²) >= 11 is 0. The van der Waals surface area contributed by atoms with E-state index in [4.69, 9.17) is 4.74 Å². The molecule has 26 heavy (non-hydrogen) atoms. The summed E-state index contributed by atoms with van der Waals surface area (Å²) in [5.41, 5.74) is 3.57. The van der Waals surface area contributed by atoms with E-state index in [1.807, 2.05) is 18.5 Å². The van der Waals surface area contributed by atoms with E-state index in [1.54, 1.807) is 31.2 Å². The minimum Gasteiger partial charge on any atom is -0.450 e. The molecule has 0 fully saturated rings.